The van der Waals surface area contributed by atoms with E-state index in [1.165, 1.54) is 64.3 Å². The molecule has 0 unspecified atom stereocenters. The summed E-state index contributed by atoms with van der Waals surface area (Å²) >= 11 is 0. The zero-order chi connectivity index (χ0) is 46.7. The first kappa shape index (κ1) is 38.8. The number of oxazole rings is 2. The Morgan fingerprint density at radius 1 is 0.516 bits per heavy atom. The van der Waals surface area contributed by atoms with Gasteiger partial charge in [-0.2, -0.15) is 9.97 Å². The number of rotatable bonds is 4. The Morgan fingerprint density at radius 3 is 1.35 bits per heavy atom. The van der Waals surface area contributed by atoms with Crippen LogP contribution in [0.1, 0.15) is 57.6 Å². The van der Waals surface area contributed by atoms with Gasteiger partial charge in [-0.05, 0) is 72.8 Å². The molecule has 0 aliphatic carbocycles. The number of hydrogen-bond acceptors (Lipinski definition) is 10. The maximum absolute atomic E-state index is 13.6. The first-order chi connectivity index (χ1) is 32.5. The van der Waals surface area contributed by atoms with Gasteiger partial charge in [0.15, 0.2) is 11.2 Å². The fourth-order valence-electron chi connectivity index (χ4n) is 8.81. The molecule has 0 radical (unpaired) electrons. The van der Waals surface area contributed by atoms with E-state index in [4.69, 9.17) is 33.8 Å². The van der Waals surface area contributed by atoms with E-state index >= 15 is 0 Å². The van der Waals surface area contributed by atoms with Gasteiger partial charge in [-0.15, -0.1) is 0 Å². The van der Waals surface area contributed by atoms with Crippen molar-refractivity contribution in [2.75, 3.05) is 85.3 Å². The highest BCUT2D eigenvalue weighted by molar-refractivity contribution is 5.87. The van der Waals surface area contributed by atoms with Gasteiger partial charge in [0.1, 0.15) is 22.7 Å². The van der Waals surface area contributed by atoms with Crippen molar-refractivity contribution in [2.24, 2.45) is 0 Å². The second kappa shape index (κ2) is 18.1. The minimum atomic E-state index is -0.208. The molecule has 0 bridgehead atoms. The van der Waals surface area contributed by atoms with Gasteiger partial charge in [0, 0.05) is 126 Å². The van der Waals surface area contributed by atoms with Gasteiger partial charge in [-0.25, -0.2) is 8.78 Å². The molecule has 14 heteroatoms. The minimum Gasteiger partial charge on any atom is -0.423 e. The fourth-order valence-corrected chi connectivity index (χ4v) is 8.81. The molecular formula is C48H58F2N8O4. The lowest BCUT2D eigenvalue weighted by Crippen LogP contribution is -2.36. The maximum Gasteiger partial charge on any atom is 0.298 e. The van der Waals surface area contributed by atoms with E-state index < -0.39 is 0 Å². The van der Waals surface area contributed by atoms with Gasteiger partial charge in [0.25, 0.3) is 12.0 Å². The second-order valence-corrected chi connectivity index (χ2v) is 15.4. The van der Waals surface area contributed by atoms with Crippen LogP contribution in [0.2, 0.25) is 0 Å². The third-order valence-corrected chi connectivity index (χ3v) is 11.9. The third-order valence-electron chi connectivity index (χ3n) is 11.9. The number of morpholine rings is 2. The maximum atomic E-state index is 13.6. The van der Waals surface area contributed by atoms with Crippen LogP contribution in [0, 0.1) is 11.6 Å². The lowest BCUT2D eigenvalue weighted by molar-refractivity contribution is 0.120. The smallest absolute Gasteiger partial charge is 0.298 e. The summed E-state index contributed by atoms with van der Waals surface area (Å²) in [6, 6.07) is 23.7. The van der Waals surface area contributed by atoms with Crippen LogP contribution in [0.4, 0.5) is 32.2 Å². The summed E-state index contributed by atoms with van der Waals surface area (Å²) in [6.45, 7) is 9.41. The quantitative estimate of drug-likeness (QED) is 0.177. The van der Waals surface area contributed by atoms with E-state index in [9.17, 15) is 8.78 Å². The zero-order valence-corrected chi connectivity index (χ0v) is 35.9. The average Bonchev–Trinajstić information content (AvgIpc) is 4.19. The number of ether oxygens (including phenoxy) is 2. The highest BCUT2D eigenvalue weighted by Crippen LogP contribution is 2.35. The fraction of sp³-hybridized carbons (Fsp3) is 0.375. The van der Waals surface area contributed by atoms with Gasteiger partial charge >= 0.3 is 0 Å². The Balaban J connectivity index is 0.000000171. The molecule has 4 aliphatic heterocycles. The van der Waals surface area contributed by atoms with Crippen LogP contribution in [0.15, 0.2) is 81.6 Å². The number of anilines is 4. The molecule has 62 heavy (non-hydrogen) atoms. The standard InChI is InChI=1S/2C22H21FN4O2.4CH4/c2*23-14-1-3-16-17-13-27(6-5-18(17)24-19(16)11-14)15-2-4-21-20(12-15)25-22(29-21)26-7-9-28-10-8-26;;;;/h2*1-4,11-12,24H,5-10,13H2;4*1H4/i;;4*1T. The lowest BCUT2D eigenvalue weighted by Gasteiger charge is -2.29. The molecule has 328 valence electrons. The van der Waals surface area contributed by atoms with Crippen LogP contribution < -0.4 is 19.6 Å². The van der Waals surface area contributed by atoms with Crippen LogP contribution in [-0.4, -0.2) is 85.6 Å². The molecule has 12 nitrogen and oxygen atoms in total. The lowest BCUT2D eigenvalue weighted by atomic mass is 10.0. The van der Waals surface area contributed by atoms with E-state index in [-0.39, 0.29) is 11.6 Å². The first-order valence-electron chi connectivity index (χ1n) is 24.0. The summed E-state index contributed by atoms with van der Waals surface area (Å²) < 4.78 is 72.9. The summed E-state index contributed by atoms with van der Waals surface area (Å²) in [6.07, 6.45) is 1.81. The predicted octanol–water partition coefficient (Wildman–Crippen LogP) is 10.2. The van der Waals surface area contributed by atoms with Gasteiger partial charge in [0.05, 0.1) is 26.4 Å². The number of benzene rings is 4. The zero-order valence-electron chi connectivity index (χ0n) is 39.9. The Morgan fingerprint density at radius 2 is 0.935 bits per heavy atom. The Bertz CT molecular complexity index is 2630. The normalized spacial score (nSPS) is 16.6. The van der Waals surface area contributed by atoms with Gasteiger partial charge in [0.2, 0.25) is 0 Å². The molecule has 2 N–H and O–H groups in total. The van der Waals surface area contributed by atoms with E-state index in [1.807, 2.05) is 24.3 Å². The van der Waals surface area contributed by atoms with E-state index in [0.717, 1.165) is 121 Å². The number of fused-ring (bicyclic) bond motifs is 8. The molecule has 2 fully saturated rings. The molecule has 8 heterocycles. The second-order valence-electron chi connectivity index (χ2n) is 15.4. The van der Waals surface area contributed by atoms with Crippen LogP contribution >= 0.6 is 0 Å². The molecule has 0 amide bonds. The van der Waals surface area contributed by atoms with Crippen molar-refractivity contribution in [3.63, 3.8) is 0 Å². The van der Waals surface area contributed by atoms with Crippen molar-refractivity contribution in [1.29, 1.82) is 0 Å². The highest BCUT2D eigenvalue weighted by Gasteiger charge is 2.25. The summed E-state index contributed by atoms with van der Waals surface area (Å²) in [4.78, 5) is 25.2. The monoisotopic (exact) mass is 856 g/mol. The summed E-state index contributed by atoms with van der Waals surface area (Å²) in [5, 5.41) is 2.20. The molecule has 8 aromatic rings. The number of aromatic amines is 2. The first-order valence-corrected chi connectivity index (χ1v) is 20.0. The van der Waals surface area contributed by atoms with Gasteiger partial charge in [-0.1, -0.05) is 29.6 Å². The molecule has 0 saturated carbocycles. The third kappa shape index (κ3) is 8.16. The summed E-state index contributed by atoms with van der Waals surface area (Å²) in [5.74, 6) is -0.416. The summed E-state index contributed by atoms with van der Waals surface area (Å²) in [5.41, 5.74) is 12.3. The average molecular weight is 857 g/mol. The summed E-state index contributed by atoms with van der Waals surface area (Å²) in [7, 11) is 5.00. The minimum absolute atomic E-state index is 0.208. The van der Waals surface area contributed by atoms with Crippen LogP contribution in [0.5, 0.6) is 0 Å². The topological polar surface area (TPSA) is 115 Å². The molecule has 4 aliphatic rings. The number of aromatic nitrogens is 4. The van der Waals surface area contributed by atoms with Crippen molar-refractivity contribution in [3.05, 3.63) is 107 Å². The van der Waals surface area contributed by atoms with E-state index in [1.54, 1.807) is 12.1 Å². The number of nitrogens with zero attached hydrogens (tertiary/aromatic N) is 6. The Kier molecular flexibility index (Phi) is 11.3. The van der Waals surface area contributed by atoms with Gasteiger partial charge < -0.3 is 47.9 Å². The van der Waals surface area contributed by atoms with Crippen molar-refractivity contribution in [3.8, 4) is 0 Å². The van der Waals surface area contributed by atoms with Crippen LogP contribution in [-0.2, 0) is 35.4 Å². The van der Waals surface area contributed by atoms with Crippen LogP contribution in [0.3, 0.4) is 0 Å². The molecule has 4 aromatic heterocycles. The molecular weight excluding hydrogens is 791 g/mol. The number of hydrogen-bond donors (Lipinski definition) is 2. The largest absolute Gasteiger partial charge is 0.423 e. The molecule has 12 rings (SSSR count). The van der Waals surface area contributed by atoms with Crippen molar-refractivity contribution in [1.82, 2.24) is 19.9 Å². The van der Waals surface area contributed by atoms with Gasteiger partial charge in [-0.3, -0.25) is 0 Å². The van der Waals surface area contributed by atoms with Crippen molar-refractivity contribution >= 4 is 67.4 Å². The number of H-pyrrole nitrogens is 2. The van der Waals surface area contributed by atoms with Crippen LogP contribution in [0.25, 0.3) is 44.0 Å². The molecule has 0 atom stereocenters. The van der Waals surface area contributed by atoms with E-state index in [2.05, 4.69) is 53.8 Å². The Labute approximate surface area is 367 Å². The SMILES string of the molecule is Fc1ccc2c3c([nH]c2c1)CCN(c1ccc2oc(N4CCOCC4)nc2c1)C3.Fc1ccc2c3c([nH]c2c1)CCN(c1ccc2oc(N4CCOCC4)nc2c1)C3.[3H]C.[3H]C.[3H]C.[3H]C. The molecule has 2 saturated heterocycles. The number of nitrogens with one attached hydrogen (secondary N) is 2. The van der Waals surface area contributed by atoms with Crippen molar-refractivity contribution in [2.45, 2.75) is 55.5 Å². The van der Waals surface area contributed by atoms with Crippen molar-refractivity contribution < 1.29 is 32.6 Å². The Hall–Kier alpha value is -6.12. The highest BCUT2D eigenvalue weighted by atomic mass is 19.1. The molecule has 4 aromatic carbocycles. The molecule has 0 spiro atoms. The predicted molar refractivity (Wildman–Crippen MR) is 247 cm³/mol. The van der Waals surface area contributed by atoms with E-state index in [0.29, 0.717) is 38.5 Å². The number of halogens is 2.